The number of benzene rings is 2. The molecule has 1 amide bonds. The van der Waals surface area contributed by atoms with Crippen LogP contribution in [0.15, 0.2) is 85.2 Å². The predicted octanol–water partition coefficient (Wildman–Crippen LogP) is 4.47. The Morgan fingerprint density at radius 1 is 0.950 bits per heavy atom. The van der Waals surface area contributed by atoms with Crippen LogP contribution in [0.3, 0.4) is 0 Å². The molecule has 8 heteroatoms. The van der Waals surface area contributed by atoms with Crippen LogP contribution in [0.4, 0.5) is 17.5 Å². The third kappa shape index (κ3) is 6.13. The highest BCUT2D eigenvalue weighted by atomic mass is 16.2. The van der Waals surface area contributed by atoms with Crippen molar-refractivity contribution in [3.8, 4) is 11.3 Å². The summed E-state index contributed by atoms with van der Waals surface area (Å²) in [5.41, 5.74) is 5.59. The summed E-state index contributed by atoms with van der Waals surface area (Å²) in [4.78, 5) is 31.7. The Hall–Kier alpha value is -4.30. The maximum absolute atomic E-state index is 13.2. The van der Waals surface area contributed by atoms with Crippen molar-refractivity contribution in [3.63, 3.8) is 0 Å². The third-order valence-electron chi connectivity index (χ3n) is 7.62. The number of anilines is 3. The van der Waals surface area contributed by atoms with Gasteiger partial charge in [0, 0.05) is 68.8 Å². The number of hydrogen-bond acceptors (Lipinski definition) is 7. The molecular weight excluding hydrogens is 498 g/mol. The number of nitrogens with one attached hydrogen (secondary N) is 2. The number of amides is 1. The first-order valence-electron chi connectivity index (χ1n) is 14.2. The fourth-order valence-corrected chi connectivity index (χ4v) is 5.55. The summed E-state index contributed by atoms with van der Waals surface area (Å²) in [5, 5.41) is 6.84. The Morgan fingerprint density at radius 2 is 1.73 bits per heavy atom. The molecule has 2 aliphatic rings. The molecule has 1 atom stereocenters. The Balaban J connectivity index is 1.24. The van der Waals surface area contributed by atoms with E-state index in [4.69, 9.17) is 9.97 Å². The lowest BCUT2D eigenvalue weighted by Crippen LogP contribution is -2.47. The van der Waals surface area contributed by atoms with E-state index in [-0.39, 0.29) is 11.9 Å². The molecule has 1 saturated heterocycles. The van der Waals surface area contributed by atoms with Crippen molar-refractivity contribution in [1.82, 2.24) is 25.2 Å². The zero-order valence-electron chi connectivity index (χ0n) is 22.7. The van der Waals surface area contributed by atoms with Crippen molar-refractivity contribution >= 4 is 23.4 Å². The predicted molar refractivity (Wildman–Crippen MR) is 159 cm³/mol. The van der Waals surface area contributed by atoms with Gasteiger partial charge in [0.1, 0.15) is 5.82 Å². The molecule has 2 aromatic heterocycles. The Kier molecular flexibility index (Phi) is 7.95. The number of carbonyl (C=O) groups excluding carboxylic acids is 1. The van der Waals surface area contributed by atoms with Crippen LogP contribution in [0.25, 0.3) is 11.3 Å². The topological polar surface area (TPSA) is 86.3 Å². The maximum atomic E-state index is 13.2. The molecule has 0 unspecified atom stereocenters. The second-order valence-electron chi connectivity index (χ2n) is 10.4. The first-order valence-corrected chi connectivity index (χ1v) is 14.2. The monoisotopic (exact) mass is 533 g/mol. The fourth-order valence-electron chi connectivity index (χ4n) is 5.55. The average molecular weight is 534 g/mol. The summed E-state index contributed by atoms with van der Waals surface area (Å²) in [6.07, 6.45) is 6.93. The van der Waals surface area contributed by atoms with Crippen LogP contribution < -0.4 is 15.5 Å². The highest BCUT2D eigenvalue weighted by Gasteiger charge is 2.24. The minimum absolute atomic E-state index is 0.123. The molecule has 0 radical (unpaired) electrons. The van der Waals surface area contributed by atoms with Crippen molar-refractivity contribution in [2.45, 2.75) is 31.7 Å². The zero-order chi connectivity index (χ0) is 27.1. The molecule has 2 aliphatic heterocycles. The van der Waals surface area contributed by atoms with Gasteiger partial charge in [-0.15, -0.1) is 0 Å². The van der Waals surface area contributed by atoms with Gasteiger partial charge in [-0.2, -0.15) is 4.98 Å². The van der Waals surface area contributed by atoms with Gasteiger partial charge in [0.25, 0.3) is 0 Å². The second kappa shape index (κ2) is 12.3. The van der Waals surface area contributed by atoms with Gasteiger partial charge < -0.3 is 20.4 Å². The van der Waals surface area contributed by atoms with E-state index in [9.17, 15) is 4.79 Å². The molecule has 204 valence electrons. The molecule has 2 aromatic carbocycles. The van der Waals surface area contributed by atoms with Crippen LogP contribution in [0.2, 0.25) is 0 Å². The molecule has 0 bridgehead atoms. The number of rotatable bonds is 8. The number of carbonyl (C=O) groups is 1. The first-order chi connectivity index (χ1) is 19.7. The van der Waals surface area contributed by atoms with E-state index in [0.29, 0.717) is 18.8 Å². The summed E-state index contributed by atoms with van der Waals surface area (Å²) in [6.45, 7) is 4.05. The van der Waals surface area contributed by atoms with Gasteiger partial charge in [-0.05, 0) is 42.5 Å². The van der Waals surface area contributed by atoms with Gasteiger partial charge in [0.2, 0.25) is 11.9 Å². The fraction of sp³-hybridized carbons (Fsp3) is 0.312. The standard InChI is InChI=1S/C32H35N7O/c40-31(38-18-15-33-16-19-38)21-27(20-24-8-3-1-4-9-24)36-32-34-14-13-30(37-32)39-17-7-12-26-23-35-28(22-29(26)39)25-10-5-2-6-11-25/h1-6,8-11,13-14,22-23,27,33H,7,12,15-21H2,(H,34,36,37)/t27-/m1/s1. The molecular formula is C32H35N7O. The molecule has 1 fully saturated rings. The smallest absolute Gasteiger partial charge is 0.224 e. The van der Waals surface area contributed by atoms with Gasteiger partial charge in [-0.3, -0.25) is 9.78 Å². The number of aryl methyl sites for hydroxylation is 1. The van der Waals surface area contributed by atoms with Gasteiger partial charge in [0.05, 0.1) is 5.69 Å². The van der Waals surface area contributed by atoms with Gasteiger partial charge in [-0.1, -0.05) is 60.7 Å². The van der Waals surface area contributed by atoms with Crippen molar-refractivity contribution in [3.05, 3.63) is 96.3 Å². The molecule has 4 heterocycles. The maximum Gasteiger partial charge on any atom is 0.224 e. The first kappa shape index (κ1) is 26.0. The minimum Gasteiger partial charge on any atom is -0.351 e. The second-order valence-corrected chi connectivity index (χ2v) is 10.4. The van der Waals surface area contributed by atoms with E-state index in [1.54, 1.807) is 6.20 Å². The van der Waals surface area contributed by atoms with Crippen LogP contribution in [-0.4, -0.2) is 64.5 Å². The number of hydrogen-bond donors (Lipinski definition) is 2. The zero-order valence-corrected chi connectivity index (χ0v) is 22.7. The molecule has 4 aromatic rings. The van der Waals surface area contributed by atoms with Crippen LogP contribution in [0, 0.1) is 0 Å². The Labute approximate surface area is 235 Å². The van der Waals surface area contributed by atoms with E-state index in [1.807, 2.05) is 53.6 Å². The number of piperazine rings is 1. The van der Waals surface area contributed by atoms with Gasteiger partial charge in [-0.25, -0.2) is 4.98 Å². The highest BCUT2D eigenvalue weighted by Crippen LogP contribution is 2.35. The Bertz CT molecular complexity index is 1420. The number of fused-ring (bicyclic) bond motifs is 1. The quantitative estimate of drug-likeness (QED) is 0.346. The lowest BCUT2D eigenvalue weighted by molar-refractivity contribution is -0.132. The third-order valence-corrected chi connectivity index (χ3v) is 7.62. The van der Waals surface area contributed by atoms with E-state index in [2.05, 4.69) is 50.8 Å². The van der Waals surface area contributed by atoms with E-state index < -0.39 is 0 Å². The van der Waals surface area contributed by atoms with Crippen molar-refractivity contribution in [1.29, 1.82) is 0 Å². The minimum atomic E-state index is -0.123. The molecule has 0 aliphatic carbocycles. The molecule has 2 N–H and O–H groups in total. The van der Waals surface area contributed by atoms with Crippen molar-refractivity contribution in [2.24, 2.45) is 0 Å². The molecule has 0 spiro atoms. The summed E-state index contributed by atoms with van der Waals surface area (Å²) < 4.78 is 0. The molecule has 8 nitrogen and oxygen atoms in total. The largest absolute Gasteiger partial charge is 0.351 e. The van der Waals surface area contributed by atoms with Crippen LogP contribution in [0.5, 0.6) is 0 Å². The van der Waals surface area contributed by atoms with Gasteiger partial charge in [0.15, 0.2) is 0 Å². The van der Waals surface area contributed by atoms with Crippen molar-refractivity contribution in [2.75, 3.05) is 42.9 Å². The molecule has 40 heavy (non-hydrogen) atoms. The number of pyridine rings is 1. The summed E-state index contributed by atoms with van der Waals surface area (Å²) >= 11 is 0. The summed E-state index contributed by atoms with van der Waals surface area (Å²) in [7, 11) is 0. The van der Waals surface area contributed by atoms with E-state index >= 15 is 0 Å². The highest BCUT2D eigenvalue weighted by molar-refractivity contribution is 5.77. The van der Waals surface area contributed by atoms with Crippen LogP contribution in [0.1, 0.15) is 24.0 Å². The van der Waals surface area contributed by atoms with Gasteiger partial charge >= 0.3 is 0 Å². The van der Waals surface area contributed by atoms with E-state index in [1.165, 1.54) is 11.1 Å². The van der Waals surface area contributed by atoms with Crippen LogP contribution >= 0.6 is 0 Å². The Morgan fingerprint density at radius 3 is 2.52 bits per heavy atom. The van der Waals surface area contributed by atoms with E-state index in [0.717, 1.165) is 68.3 Å². The molecule has 6 rings (SSSR count). The number of aromatic nitrogens is 3. The SMILES string of the molecule is O=C(C[C@@H](Cc1ccccc1)Nc1nccc(N2CCCc3cnc(-c4ccccc4)cc32)n1)N1CCNCC1. The summed E-state index contributed by atoms with van der Waals surface area (Å²) in [5.74, 6) is 1.54. The lowest BCUT2D eigenvalue weighted by atomic mass is 10.0. The van der Waals surface area contributed by atoms with Crippen molar-refractivity contribution < 1.29 is 4.79 Å². The summed E-state index contributed by atoms with van der Waals surface area (Å²) in [6, 6.07) is 24.6. The molecule has 0 saturated carbocycles. The normalized spacial score (nSPS) is 15.8. The number of nitrogens with zero attached hydrogens (tertiary/aromatic N) is 5. The average Bonchev–Trinajstić information content (AvgIpc) is 3.02. The van der Waals surface area contributed by atoms with Crippen LogP contribution in [-0.2, 0) is 17.6 Å². The lowest BCUT2D eigenvalue weighted by Gasteiger charge is -2.31.